The largest absolute Gasteiger partial charge is 0.464 e. The molecule has 0 aliphatic rings. The second-order valence-electron chi connectivity index (χ2n) is 3.57. The molecule has 98 valence electrons. The zero-order valence-corrected chi connectivity index (χ0v) is 10.8. The van der Waals surface area contributed by atoms with E-state index in [0.717, 1.165) is 6.07 Å². The molecule has 1 atom stereocenters. The molecule has 18 heavy (non-hydrogen) atoms. The number of carbonyl (C=O) groups excluding carboxylic acids is 2. The Hall–Kier alpha value is -1.62. The van der Waals surface area contributed by atoms with Crippen LogP contribution in [0.25, 0.3) is 0 Å². The van der Waals surface area contributed by atoms with Gasteiger partial charge in [-0.3, -0.25) is 4.79 Å². The molecule has 0 saturated heterocycles. The first kappa shape index (κ1) is 14.4. The standard InChI is InChI=1S/C12H13ClFNO3/c1-3-18-12(17)7(2)15-11(16)9-5-4-8(13)6-10(9)14/h4-7H,3H2,1-2H3,(H,15,16). The van der Waals surface area contributed by atoms with Crippen LogP contribution in [0.2, 0.25) is 5.02 Å². The normalized spacial score (nSPS) is 11.8. The fraction of sp³-hybridized carbons (Fsp3) is 0.333. The van der Waals surface area contributed by atoms with Crippen LogP contribution in [0.5, 0.6) is 0 Å². The summed E-state index contributed by atoms with van der Waals surface area (Å²) in [7, 11) is 0. The fourth-order valence-electron chi connectivity index (χ4n) is 1.27. The van der Waals surface area contributed by atoms with E-state index in [0.29, 0.717) is 0 Å². The summed E-state index contributed by atoms with van der Waals surface area (Å²) in [6, 6.07) is 2.85. The highest BCUT2D eigenvalue weighted by atomic mass is 35.5. The molecule has 0 aliphatic heterocycles. The number of rotatable bonds is 4. The van der Waals surface area contributed by atoms with Gasteiger partial charge < -0.3 is 10.1 Å². The van der Waals surface area contributed by atoms with E-state index >= 15 is 0 Å². The summed E-state index contributed by atoms with van der Waals surface area (Å²) in [5.74, 6) is -2.00. The van der Waals surface area contributed by atoms with Crippen LogP contribution in [0.3, 0.4) is 0 Å². The number of amides is 1. The van der Waals surface area contributed by atoms with Crippen molar-refractivity contribution in [2.75, 3.05) is 6.61 Å². The number of carbonyl (C=O) groups is 2. The average Bonchev–Trinajstić information content (AvgIpc) is 2.28. The highest BCUT2D eigenvalue weighted by Crippen LogP contribution is 2.14. The minimum atomic E-state index is -0.840. The first-order valence-electron chi connectivity index (χ1n) is 5.38. The molecule has 0 aromatic heterocycles. The van der Waals surface area contributed by atoms with Gasteiger partial charge in [-0.15, -0.1) is 0 Å². The van der Waals surface area contributed by atoms with E-state index in [1.807, 2.05) is 0 Å². The van der Waals surface area contributed by atoms with Crippen molar-refractivity contribution >= 4 is 23.5 Å². The molecule has 0 aliphatic carbocycles. The minimum absolute atomic E-state index is 0.171. The quantitative estimate of drug-likeness (QED) is 0.856. The second-order valence-corrected chi connectivity index (χ2v) is 4.01. The number of hydrogen-bond acceptors (Lipinski definition) is 3. The summed E-state index contributed by atoms with van der Waals surface area (Å²) in [6.07, 6.45) is 0. The van der Waals surface area contributed by atoms with E-state index in [1.165, 1.54) is 19.1 Å². The topological polar surface area (TPSA) is 55.4 Å². The van der Waals surface area contributed by atoms with E-state index < -0.39 is 23.7 Å². The molecule has 4 nitrogen and oxygen atoms in total. The van der Waals surface area contributed by atoms with Crippen LogP contribution >= 0.6 is 11.6 Å². The van der Waals surface area contributed by atoms with Gasteiger partial charge in [-0.2, -0.15) is 0 Å². The monoisotopic (exact) mass is 273 g/mol. The van der Waals surface area contributed by atoms with E-state index in [2.05, 4.69) is 5.32 Å². The fourth-order valence-corrected chi connectivity index (χ4v) is 1.43. The highest BCUT2D eigenvalue weighted by molar-refractivity contribution is 6.30. The Bertz CT molecular complexity index is 465. The van der Waals surface area contributed by atoms with Crippen molar-refractivity contribution in [3.05, 3.63) is 34.6 Å². The summed E-state index contributed by atoms with van der Waals surface area (Å²) in [6.45, 7) is 3.34. The summed E-state index contributed by atoms with van der Waals surface area (Å²) in [4.78, 5) is 23.0. The summed E-state index contributed by atoms with van der Waals surface area (Å²) < 4.78 is 18.2. The zero-order valence-electron chi connectivity index (χ0n) is 10.00. The maximum Gasteiger partial charge on any atom is 0.328 e. The number of ether oxygens (including phenoxy) is 1. The van der Waals surface area contributed by atoms with Crippen LogP contribution in [-0.2, 0) is 9.53 Å². The number of benzene rings is 1. The van der Waals surface area contributed by atoms with Crippen LogP contribution in [0, 0.1) is 5.82 Å². The number of hydrogen-bond donors (Lipinski definition) is 1. The van der Waals surface area contributed by atoms with Gasteiger partial charge in [-0.1, -0.05) is 11.6 Å². The van der Waals surface area contributed by atoms with Gasteiger partial charge in [0.1, 0.15) is 11.9 Å². The highest BCUT2D eigenvalue weighted by Gasteiger charge is 2.19. The van der Waals surface area contributed by atoms with Gasteiger partial charge in [-0.05, 0) is 32.0 Å². The Labute approximate surface area is 109 Å². The van der Waals surface area contributed by atoms with Gasteiger partial charge in [-0.25, -0.2) is 9.18 Å². The molecule has 1 aromatic carbocycles. The maximum absolute atomic E-state index is 13.4. The van der Waals surface area contributed by atoms with E-state index in [9.17, 15) is 14.0 Å². The average molecular weight is 274 g/mol. The lowest BCUT2D eigenvalue weighted by Crippen LogP contribution is -2.39. The van der Waals surface area contributed by atoms with Crippen LogP contribution in [0.4, 0.5) is 4.39 Å². The predicted molar refractivity (Wildman–Crippen MR) is 65.0 cm³/mol. The second kappa shape index (κ2) is 6.35. The molecule has 0 radical (unpaired) electrons. The Morgan fingerprint density at radius 2 is 2.17 bits per heavy atom. The molecule has 1 amide bonds. The van der Waals surface area contributed by atoms with Crippen molar-refractivity contribution in [2.24, 2.45) is 0 Å². The van der Waals surface area contributed by atoms with E-state index in [1.54, 1.807) is 6.92 Å². The lowest BCUT2D eigenvalue weighted by atomic mass is 10.2. The zero-order chi connectivity index (χ0) is 13.7. The summed E-state index contributed by atoms with van der Waals surface area (Å²) in [5.41, 5.74) is -0.171. The molecule has 1 aromatic rings. The molecule has 1 rings (SSSR count). The molecule has 0 saturated carbocycles. The predicted octanol–water partition coefficient (Wildman–Crippen LogP) is 2.16. The Balaban J connectivity index is 2.73. The number of nitrogens with one attached hydrogen (secondary N) is 1. The maximum atomic E-state index is 13.4. The van der Waals surface area contributed by atoms with Gasteiger partial charge in [0, 0.05) is 5.02 Å². The molecule has 0 fully saturated rings. The molecule has 6 heteroatoms. The third kappa shape index (κ3) is 3.70. The summed E-state index contributed by atoms with van der Waals surface area (Å²) in [5, 5.41) is 2.54. The van der Waals surface area contributed by atoms with Crippen molar-refractivity contribution < 1.29 is 18.7 Å². The lowest BCUT2D eigenvalue weighted by Gasteiger charge is -2.12. The van der Waals surface area contributed by atoms with Gasteiger partial charge >= 0.3 is 5.97 Å². The van der Waals surface area contributed by atoms with Crippen LogP contribution in [0.1, 0.15) is 24.2 Å². The molecule has 1 unspecified atom stereocenters. The van der Waals surface area contributed by atoms with Gasteiger partial charge in [0.15, 0.2) is 0 Å². The third-order valence-electron chi connectivity index (χ3n) is 2.16. The van der Waals surface area contributed by atoms with Crippen molar-refractivity contribution in [2.45, 2.75) is 19.9 Å². The van der Waals surface area contributed by atoms with Crippen LogP contribution in [0.15, 0.2) is 18.2 Å². The molecule has 0 bridgehead atoms. The van der Waals surface area contributed by atoms with Gasteiger partial charge in [0.05, 0.1) is 12.2 Å². The van der Waals surface area contributed by atoms with Gasteiger partial charge in [0.2, 0.25) is 0 Å². The first-order valence-corrected chi connectivity index (χ1v) is 5.76. The molecule has 0 heterocycles. The number of esters is 1. The van der Waals surface area contributed by atoms with Crippen molar-refractivity contribution in [1.29, 1.82) is 0 Å². The Kier molecular flexibility index (Phi) is 5.09. The minimum Gasteiger partial charge on any atom is -0.464 e. The molecule has 0 spiro atoms. The van der Waals surface area contributed by atoms with Crippen LogP contribution < -0.4 is 5.32 Å². The smallest absolute Gasteiger partial charge is 0.328 e. The van der Waals surface area contributed by atoms with E-state index in [4.69, 9.17) is 16.3 Å². The summed E-state index contributed by atoms with van der Waals surface area (Å²) >= 11 is 5.57. The van der Waals surface area contributed by atoms with E-state index in [-0.39, 0.29) is 17.2 Å². The SMILES string of the molecule is CCOC(=O)C(C)NC(=O)c1ccc(Cl)cc1F. The molecular formula is C12H13ClFNO3. The lowest BCUT2D eigenvalue weighted by molar-refractivity contribution is -0.144. The molecular weight excluding hydrogens is 261 g/mol. The Morgan fingerprint density at radius 1 is 1.50 bits per heavy atom. The van der Waals surface area contributed by atoms with Crippen molar-refractivity contribution in [3.8, 4) is 0 Å². The third-order valence-corrected chi connectivity index (χ3v) is 2.40. The van der Waals surface area contributed by atoms with Crippen molar-refractivity contribution in [3.63, 3.8) is 0 Å². The van der Waals surface area contributed by atoms with Gasteiger partial charge in [0.25, 0.3) is 5.91 Å². The Morgan fingerprint density at radius 3 is 2.72 bits per heavy atom. The number of halogens is 2. The first-order chi connectivity index (χ1) is 8.45. The van der Waals surface area contributed by atoms with Crippen LogP contribution in [-0.4, -0.2) is 24.5 Å². The van der Waals surface area contributed by atoms with Crippen molar-refractivity contribution in [1.82, 2.24) is 5.32 Å². The molecule has 1 N–H and O–H groups in total.